The molecular formula is C71H129NO8. The van der Waals surface area contributed by atoms with Crippen molar-refractivity contribution in [3.8, 4) is 0 Å². The van der Waals surface area contributed by atoms with Crippen molar-refractivity contribution in [3.05, 3.63) is 72.9 Å². The Kier molecular flexibility index (Phi) is 56.5. The van der Waals surface area contributed by atoms with Gasteiger partial charge < -0.3 is 40.3 Å². The fourth-order valence-electron chi connectivity index (χ4n) is 10.6. The largest absolute Gasteiger partial charge is 0.394 e. The number of amides is 1. The van der Waals surface area contributed by atoms with Crippen LogP contribution in [-0.4, -0.2) is 87.5 Å². The van der Waals surface area contributed by atoms with E-state index in [0.717, 1.165) is 70.6 Å². The molecule has 0 radical (unpaired) electrons. The molecule has 0 aromatic carbocycles. The van der Waals surface area contributed by atoms with Crippen molar-refractivity contribution in [2.45, 2.75) is 358 Å². The van der Waals surface area contributed by atoms with Crippen molar-refractivity contribution in [2.24, 2.45) is 0 Å². The first-order chi connectivity index (χ1) is 39.3. The first kappa shape index (κ1) is 75.6. The molecular weight excluding hydrogens is 995 g/mol. The highest BCUT2D eigenvalue weighted by atomic mass is 16.7. The highest BCUT2D eigenvalue weighted by Gasteiger charge is 2.44. The summed E-state index contributed by atoms with van der Waals surface area (Å²) >= 11 is 0. The number of aliphatic hydroxyl groups is 5. The Labute approximate surface area is 493 Å². The SMILES string of the molecule is CCCCCCC/C=C\C/C=C\C/C=C\CCCCCCCCCCCCC(=O)NC(COC1OC(CO)C(O)C(O)C1O)C(O)/C=C/CC/C=C/CC/C=C/CCCCCCCCCCCCCCCCCCCCCCCC. The second kappa shape index (κ2) is 59.8. The fourth-order valence-corrected chi connectivity index (χ4v) is 10.6. The Balaban J connectivity index is 2.19. The van der Waals surface area contributed by atoms with Gasteiger partial charge in [0.2, 0.25) is 5.91 Å². The van der Waals surface area contributed by atoms with Crippen LogP contribution in [-0.2, 0) is 14.3 Å². The van der Waals surface area contributed by atoms with Gasteiger partial charge in [-0.25, -0.2) is 0 Å². The molecule has 1 rings (SSSR count). The van der Waals surface area contributed by atoms with E-state index in [1.807, 2.05) is 6.08 Å². The smallest absolute Gasteiger partial charge is 0.220 e. The molecule has 9 nitrogen and oxygen atoms in total. The summed E-state index contributed by atoms with van der Waals surface area (Å²) in [5, 5.41) is 54.7. The molecule has 466 valence electrons. The van der Waals surface area contributed by atoms with E-state index >= 15 is 0 Å². The Morgan fingerprint density at radius 3 is 1.14 bits per heavy atom. The van der Waals surface area contributed by atoms with Gasteiger partial charge in [-0.15, -0.1) is 0 Å². The first-order valence-corrected chi connectivity index (χ1v) is 34.2. The predicted molar refractivity (Wildman–Crippen MR) is 341 cm³/mol. The maximum atomic E-state index is 13.1. The Hall–Kier alpha value is -2.37. The standard InChI is InChI=1S/C71H129NO8/c1-3-5-7-9-11-13-15-17-19-21-23-25-27-29-30-31-32-33-34-35-37-38-40-42-44-46-48-50-52-54-56-58-60-65(74)64(63-79-71-70(78)69(77)68(76)66(62-73)80-71)72-67(75)61-59-57-55-53-51-49-47-45-43-41-39-36-28-26-24-22-20-18-16-14-12-10-8-6-4-2/h16,18,22,24,28,36,42,44,50,52,58,60,64-66,68-71,73-74,76-78H,3-15,17,19-21,23,25-27,29-35,37-41,43,45-49,51,53-57,59,61-63H2,1-2H3,(H,72,75)/b18-16-,24-22-,36-28-,44-42+,52-50+,60-58+. The van der Waals surface area contributed by atoms with Crippen molar-refractivity contribution in [2.75, 3.05) is 13.2 Å². The zero-order valence-electron chi connectivity index (χ0n) is 52.1. The number of unbranched alkanes of at least 4 members (excludes halogenated alkanes) is 39. The normalized spacial score (nSPS) is 18.9. The Bertz CT molecular complexity index is 1490. The van der Waals surface area contributed by atoms with Crippen LogP contribution in [0.15, 0.2) is 72.9 Å². The molecule has 0 aliphatic carbocycles. The summed E-state index contributed by atoms with van der Waals surface area (Å²) in [6.07, 6.45) is 77.2. The minimum Gasteiger partial charge on any atom is -0.394 e. The van der Waals surface area contributed by atoms with Crippen LogP contribution in [0.25, 0.3) is 0 Å². The minimum absolute atomic E-state index is 0.194. The van der Waals surface area contributed by atoms with E-state index in [1.165, 1.54) is 225 Å². The Morgan fingerprint density at radius 1 is 0.425 bits per heavy atom. The van der Waals surface area contributed by atoms with Crippen molar-refractivity contribution in [3.63, 3.8) is 0 Å². The van der Waals surface area contributed by atoms with Crippen LogP contribution < -0.4 is 5.32 Å². The van der Waals surface area contributed by atoms with Crippen LogP contribution in [0.3, 0.4) is 0 Å². The van der Waals surface area contributed by atoms with Crippen LogP contribution in [0.1, 0.15) is 316 Å². The number of hydrogen-bond donors (Lipinski definition) is 6. The zero-order chi connectivity index (χ0) is 57.9. The molecule has 0 aromatic rings. The van der Waals surface area contributed by atoms with E-state index in [2.05, 4.69) is 79.9 Å². The molecule has 7 unspecified atom stereocenters. The summed E-state index contributed by atoms with van der Waals surface area (Å²) in [5.74, 6) is -0.194. The summed E-state index contributed by atoms with van der Waals surface area (Å²) in [6.45, 7) is 3.78. The van der Waals surface area contributed by atoms with E-state index in [4.69, 9.17) is 9.47 Å². The third-order valence-electron chi connectivity index (χ3n) is 16.0. The average molecular weight is 1120 g/mol. The molecule has 0 spiro atoms. The third kappa shape index (κ3) is 48.0. The molecule has 0 bridgehead atoms. The number of nitrogens with one attached hydrogen (secondary N) is 1. The summed E-state index contributed by atoms with van der Waals surface area (Å²) in [7, 11) is 0. The molecule has 0 saturated carbocycles. The van der Waals surface area contributed by atoms with Gasteiger partial charge in [0.25, 0.3) is 0 Å². The van der Waals surface area contributed by atoms with Crippen LogP contribution in [0.2, 0.25) is 0 Å². The van der Waals surface area contributed by atoms with E-state index in [1.54, 1.807) is 6.08 Å². The fraction of sp³-hybridized carbons (Fsp3) is 0.817. The minimum atomic E-state index is -1.58. The Morgan fingerprint density at radius 2 is 0.750 bits per heavy atom. The van der Waals surface area contributed by atoms with Gasteiger partial charge in [-0.2, -0.15) is 0 Å². The van der Waals surface area contributed by atoms with Gasteiger partial charge >= 0.3 is 0 Å². The quantitative estimate of drug-likeness (QED) is 0.0261. The predicted octanol–water partition coefficient (Wildman–Crippen LogP) is 18.4. The number of carbonyl (C=O) groups is 1. The summed E-state index contributed by atoms with van der Waals surface area (Å²) in [6, 6.07) is -0.836. The second-order valence-corrected chi connectivity index (χ2v) is 23.6. The summed E-state index contributed by atoms with van der Waals surface area (Å²) in [5.41, 5.74) is 0. The maximum Gasteiger partial charge on any atom is 0.220 e. The number of carbonyl (C=O) groups excluding carboxylic acids is 1. The molecule has 80 heavy (non-hydrogen) atoms. The second-order valence-electron chi connectivity index (χ2n) is 23.6. The van der Waals surface area contributed by atoms with E-state index in [9.17, 15) is 30.3 Å². The van der Waals surface area contributed by atoms with Crippen molar-refractivity contribution in [1.29, 1.82) is 0 Å². The van der Waals surface area contributed by atoms with E-state index in [0.29, 0.717) is 6.42 Å². The lowest BCUT2D eigenvalue weighted by atomic mass is 9.99. The third-order valence-corrected chi connectivity index (χ3v) is 16.0. The van der Waals surface area contributed by atoms with Gasteiger partial charge in [0.15, 0.2) is 6.29 Å². The number of allylic oxidation sites excluding steroid dienone is 11. The monoisotopic (exact) mass is 1120 g/mol. The van der Waals surface area contributed by atoms with Gasteiger partial charge in [-0.3, -0.25) is 4.79 Å². The lowest BCUT2D eigenvalue weighted by Gasteiger charge is -2.40. The van der Waals surface area contributed by atoms with Crippen LogP contribution in [0, 0.1) is 0 Å². The van der Waals surface area contributed by atoms with Gasteiger partial charge in [-0.05, 0) is 83.5 Å². The number of aliphatic hydroxyl groups excluding tert-OH is 5. The lowest BCUT2D eigenvalue weighted by Crippen LogP contribution is -2.60. The number of ether oxygens (including phenoxy) is 2. The molecule has 1 amide bonds. The van der Waals surface area contributed by atoms with Gasteiger partial charge in [0.05, 0.1) is 25.4 Å². The molecule has 6 N–H and O–H groups in total. The molecule has 1 heterocycles. The first-order valence-electron chi connectivity index (χ1n) is 34.2. The van der Waals surface area contributed by atoms with E-state index in [-0.39, 0.29) is 12.5 Å². The van der Waals surface area contributed by atoms with Crippen molar-refractivity contribution >= 4 is 5.91 Å². The summed E-state index contributed by atoms with van der Waals surface area (Å²) < 4.78 is 11.3. The van der Waals surface area contributed by atoms with Crippen LogP contribution >= 0.6 is 0 Å². The van der Waals surface area contributed by atoms with Gasteiger partial charge in [-0.1, -0.05) is 299 Å². The van der Waals surface area contributed by atoms with Gasteiger partial charge in [0, 0.05) is 6.42 Å². The van der Waals surface area contributed by atoms with Crippen molar-refractivity contribution in [1.82, 2.24) is 5.32 Å². The van der Waals surface area contributed by atoms with Crippen LogP contribution in [0.4, 0.5) is 0 Å². The summed E-state index contributed by atoms with van der Waals surface area (Å²) in [4.78, 5) is 13.1. The van der Waals surface area contributed by atoms with Gasteiger partial charge in [0.1, 0.15) is 24.4 Å². The molecule has 0 aromatic heterocycles. The molecule has 1 fully saturated rings. The number of hydrogen-bond acceptors (Lipinski definition) is 8. The highest BCUT2D eigenvalue weighted by molar-refractivity contribution is 5.76. The molecule has 7 atom stereocenters. The molecule has 1 aliphatic rings. The van der Waals surface area contributed by atoms with E-state index < -0.39 is 49.5 Å². The van der Waals surface area contributed by atoms with Crippen LogP contribution in [0.5, 0.6) is 0 Å². The number of rotatable bonds is 59. The maximum absolute atomic E-state index is 13.1. The molecule has 9 heteroatoms. The highest BCUT2D eigenvalue weighted by Crippen LogP contribution is 2.23. The van der Waals surface area contributed by atoms with Crippen molar-refractivity contribution < 1.29 is 39.8 Å². The zero-order valence-corrected chi connectivity index (χ0v) is 52.1. The molecule has 1 saturated heterocycles. The molecule has 1 aliphatic heterocycles. The average Bonchev–Trinajstić information content (AvgIpc) is 3.46. The topological polar surface area (TPSA) is 149 Å². The lowest BCUT2D eigenvalue weighted by molar-refractivity contribution is -0.302.